The number of benzene rings is 1. The standard InChI is InChI=1S/C13H14N2O2/c14-13-11(7-15-17-13)10-5-8-3-1-2-4-9(8)6-12(10)16/h5-7,16H,1-4,14H2. The Morgan fingerprint density at radius 1 is 1.12 bits per heavy atom. The van der Waals surface area contributed by atoms with Crippen LogP contribution in [0.1, 0.15) is 24.0 Å². The van der Waals surface area contributed by atoms with Crippen LogP contribution in [0.4, 0.5) is 5.88 Å². The summed E-state index contributed by atoms with van der Waals surface area (Å²) in [6.45, 7) is 0. The molecule has 0 radical (unpaired) electrons. The number of phenolic OH excluding ortho intramolecular Hbond substituents is 1. The molecule has 0 aliphatic heterocycles. The summed E-state index contributed by atoms with van der Waals surface area (Å²) < 4.78 is 4.83. The molecule has 3 rings (SSSR count). The lowest BCUT2D eigenvalue weighted by Gasteiger charge is -2.17. The first kappa shape index (κ1) is 10.2. The Hall–Kier alpha value is -1.97. The number of nitrogens with two attached hydrogens (primary N) is 1. The average Bonchev–Trinajstić information content (AvgIpc) is 2.74. The number of anilines is 1. The Balaban J connectivity index is 2.15. The Labute approximate surface area is 99.0 Å². The molecule has 3 N–H and O–H groups in total. The van der Waals surface area contributed by atoms with Crippen LogP contribution in [0.15, 0.2) is 22.9 Å². The third-order valence-electron chi connectivity index (χ3n) is 3.35. The van der Waals surface area contributed by atoms with Gasteiger partial charge in [0.25, 0.3) is 0 Å². The summed E-state index contributed by atoms with van der Waals surface area (Å²) >= 11 is 0. The Morgan fingerprint density at radius 2 is 1.82 bits per heavy atom. The first-order valence-electron chi connectivity index (χ1n) is 5.81. The molecule has 0 unspecified atom stereocenters. The fourth-order valence-electron chi connectivity index (χ4n) is 2.44. The lowest BCUT2D eigenvalue weighted by Crippen LogP contribution is -2.02. The molecule has 17 heavy (non-hydrogen) atoms. The van der Waals surface area contributed by atoms with E-state index in [0.717, 1.165) is 12.8 Å². The summed E-state index contributed by atoms with van der Waals surface area (Å²) in [5, 5.41) is 13.7. The van der Waals surface area contributed by atoms with Crippen molar-refractivity contribution in [1.29, 1.82) is 0 Å². The number of nitrogen functional groups attached to an aromatic ring is 1. The SMILES string of the molecule is Nc1oncc1-c1cc2c(cc1O)CCCC2. The van der Waals surface area contributed by atoms with E-state index >= 15 is 0 Å². The van der Waals surface area contributed by atoms with E-state index in [4.69, 9.17) is 10.3 Å². The van der Waals surface area contributed by atoms with Crippen molar-refractivity contribution in [1.82, 2.24) is 5.16 Å². The fourth-order valence-corrected chi connectivity index (χ4v) is 2.44. The van der Waals surface area contributed by atoms with Crippen LogP contribution in [-0.2, 0) is 12.8 Å². The molecule has 1 heterocycles. The molecule has 4 nitrogen and oxygen atoms in total. The highest BCUT2D eigenvalue weighted by Gasteiger charge is 2.17. The molecule has 1 aliphatic carbocycles. The maximum atomic E-state index is 10.0. The van der Waals surface area contributed by atoms with Crippen LogP contribution < -0.4 is 5.73 Å². The van der Waals surface area contributed by atoms with Crippen molar-refractivity contribution >= 4 is 5.88 Å². The molecule has 0 saturated carbocycles. The molecule has 0 bridgehead atoms. The second kappa shape index (κ2) is 3.80. The van der Waals surface area contributed by atoms with E-state index in [-0.39, 0.29) is 11.6 Å². The van der Waals surface area contributed by atoms with Gasteiger partial charge in [-0.05, 0) is 48.9 Å². The molecule has 0 saturated heterocycles. The first-order valence-corrected chi connectivity index (χ1v) is 5.81. The monoisotopic (exact) mass is 230 g/mol. The highest BCUT2D eigenvalue weighted by atomic mass is 16.5. The fraction of sp³-hybridized carbons (Fsp3) is 0.308. The van der Waals surface area contributed by atoms with E-state index in [1.807, 2.05) is 12.1 Å². The number of hydrogen-bond acceptors (Lipinski definition) is 4. The topological polar surface area (TPSA) is 72.3 Å². The number of fused-ring (bicyclic) bond motifs is 1. The third-order valence-corrected chi connectivity index (χ3v) is 3.35. The second-order valence-corrected chi connectivity index (χ2v) is 4.45. The van der Waals surface area contributed by atoms with E-state index in [1.54, 1.807) is 6.20 Å². The summed E-state index contributed by atoms with van der Waals surface area (Å²) in [5.74, 6) is 0.497. The van der Waals surface area contributed by atoms with Crippen LogP contribution in [0.3, 0.4) is 0 Å². The van der Waals surface area contributed by atoms with Gasteiger partial charge in [0, 0.05) is 5.56 Å². The van der Waals surface area contributed by atoms with Crippen LogP contribution in [0, 0.1) is 0 Å². The van der Waals surface area contributed by atoms with Gasteiger partial charge < -0.3 is 15.4 Å². The summed E-state index contributed by atoms with van der Waals surface area (Å²) in [6.07, 6.45) is 6.05. The number of aryl methyl sites for hydroxylation is 2. The van der Waals surface area contributed by atoms with E-state index in [1.165, 1.54) is 24.0 Å². The lowest BCUT2D eigenvalue weighted by molar-refractivity contribution is 0.436. The molecule has 1 aromatic carbocycles. The maximum Gasteiger partial charge on any atom is 0.230 e. The maximum absolute atomic E-state index is 10.0. The molecule has 0 atom stereocenters. The quantitative estimate of drug-likeness (QED) is 0.789. The van der Waals surface area contributed by atoms with Crippen molar-refractivity contribution in [2.75, 3.05) is 5.73 Å². The van der Waals surface area contributed by atoms with E-state index in [0.29, 0.717) is 11.1 Å². The number of phenols is 1. The Kier molecular flexibility index (Phi) is 2.28. The zero-order valence-electron chi connectivity index (χ0n) is 9.44. The summed E-state index contributed by atoms with van der Waals surface area (Å²) in [7, 11) is 0. The van der Waals surface area contributed by atoms with E-state index in [9.17, 15) is 5.11 Å². The molecule has 2 aromatic rings. The van der Waals surface area contributed by atoms with Crippen molar-refractivity contribution in [3.63, 3.8) is 0 Å². The van der Waals surface area contributed by atoms with Crippen LogP contribution >= 0.6 is 0 Å². The van der Waals surface area contributed by atoms with Gasteiger partial charge in [-0.25, -0.2) is 0 Å². The molecular formula is C13H14N2O2. The van der Waals surface area contributed by atoms with Gasteiger partial charge in [-0.15, -0.1) is 0 Å². The average molecular weight is 230 g/mol. The first-order chi connectivity index (χ1) is 8.25. The van der Waals surface area contributed by atoms with E-state index < -0.39 is 0 Å². The molecule has 0 spiro atoms. The van der Waals surface area contributed by atoms with Gasteiger partial charge in [0.2, 0.25) is 5.88 Å². The molecule has 1 aromatic heterocycles. The number of aromatic nitrogens is 1. The molecule has 0 amide bonds. The lowest BCUT2D eigenvalue weighted by atomic mass is 9.89. The van der Waals surface area contributed by atoms with Crippen molar-refractivity contribution in [2.45, 2.75) is 25.7 Å². The minimum absolute atomic E-state index is 0.246. The minimum Gasteiger partial charge on any atom is -0.507 e. The van der Waals surface area contributed by atoms with E-state index in [2.05, 4.69) is 5.16 Å². The predicted molar refractivity (Wildman–Crippen MR) is 64.7 cm³/mol. The summed E-state index contributed by atoms with van der Waals surface area (Å²) in [6, 6.07) is 3.85. The van der Waals surface area contributed by atoms with Crippen LogP contribution in [0.25, 0.3) is 11.1 Å². The van der Waals surface area contributed by atoms with Crippen molar-refractivity contribution in [2.24, 2.45) is 0 Å². The molecule has 88 valence electrons. The molecular weight excluding hydrogens is 216 g/mol. The van der Waals surface area contributed by atoms with Crippen molar-refractivity contribution in [3.8, 4) is 16.9 Å². The van der Waals surface area contributed by atoms with Gasteiger partial charge in [0.15, 0.2) is 0 Å². The van der Waals surface area contributed by atoms with Crippen LogP contribution in [0.5, 0.6) is 5.75 Å². The van der Waals surface area contributed by atoms with Crippen molar-refractivity contribution in [3.05, 3.63) is 29.5 Å². The predicted octanol–water partition coefficient (Wildman–Crippen LogP) is 2.51. The Bertz CT molecular complexity index is 561. The zero-order chi connectivity index (χ0) is 11.8. The Morgan fingerprint density at radius 3 is 2.47 bits per heavy atom. The summed E-state index contributed by atoms with van der Waals surface area (Å²) in [5.41, 5.74) is 9.59. The van der Waals surface area contributed by atoms with Gasteiger partial charge in [-0.3, -0.25) is 0 Å². The van der Waals surface area contributed by atoms with Crippen LogP contribution in [0.2, 0.25) is 0 Å². The molecule has 1 aliphatic rings. The number of nitrogens with zero attached hydrogens (tertiary/aromatic N) is 1. The smallest absolute Gasteiger partial charge is 0.230 e. The van der Waals surface area contributed by atoms with Crippen LogP contribution in [-0.4, -0.2) is 10.3 Å². The summed E-state index contributed by atoms with van der Waals surface area (Å²) in [4.78, 5) is 0. The number of aromatic hydroxyl groups is 1. The molecule has 4 heteroatoms. The van der Waals surface area contributed by atoms with Crippen molar-refractivity contribution < 1.29 is 9.63 Å². The largest absolute Gasteiger partial charge is 0.507 e. The molecule has 0 fully saturated rings. The zero-order valence-corrected chi connectivity index (χ0v) is 9.44. The van der Waals surface area contributed by atoms with Gasteiger partial charge in [0.05, 0.1) is 11.8 Å². The van der Waals surface area contributed by atoms with Gasteiger partial charge in [0.1, 0.15) is 5.75 Å². The van der Waals surface area contributed by atoms with Gasteiger partial charge in [-0.2, -0.15) is 0 Å². The number of hydrogen-bond donors (Lipinski definition) is 2. The normalized spacial score (nSPS) is 14.6. The number of rotatable bonds is 1. The highest BCUT2D eigenvalue weighted by molar-refractivity contribution is 5.77. The second-order valence-electron chi connectivity index (χ2n) is 4.45. The highest BCUT2D eigenvalue weighted by Crippen LogP contribution is 2.37. The van der Waals surface area contributed by atoms with Gasteiger partial charge >= 0.3 is 0 Å². The minimum atomic E-state index is 0.246. The van der Waals surface area contributed by atoms with Gasteiger partial charge in [-0.1, -0.05) is 5.16 Å². The third kappa shape index (κ3) is 1.65.